The van der Waals surface area contributed by atoms with Crippen molar-refractivity contribution in [2.75, 3.05) is 6.61 Å². The van der Waals surface area contributed by atoms with E-state index >= 15 is 0 Å². The molecule has 5 heteroatoms. The first-order valence-electron chi connectivity index (χ1n) is 10.9. The van der Waals surface area contributed by atoms with Crippen molar-refractivity contribution in [3.05, 3.63) is 59.7 Å². The Hall–Kier alpha value is -2.82. The van der Waals surface area contributed by atoms with E-state index in [1.54, 1.807) is 0 Å². The number of rotatable bonds is 6. The minimum absolute atomic E-state index is 0.0306. The summed E-state index contributed by atoms with van der Waals surface area (Å²) in [7, 11) is 0. The van der Waals surface area contributed by atoms with E-state index in [0.29, 0.717) is 18.3 Å². The van der Waals surface area contributed by atoms with E-state index in [2.05, 4.69) is 29.6 Å². The fourth-order valence-corrected chi connectivity index (χ4v) is 5.97. The average Bonchev–Trinajstić information content (AvgIpc) is 3.45. The van der Waals surface area contributed by atoms with Crippen LogP contribution >= 0.6 is 0 Å². The van der Waals surface area contributed by atoms with E-state index in [1.165, 1.54) is 30.4 Å². The summed E-state index contributed by atoms with van der Waals surface area (Å²) >= 11 is 0. The Bertz CT molecular complexity index is 926. The van der Waals surface area contributed by atoms with Gasteiger partial charge in [0.2, 0.25) is 0 Å². The molecular weight excluding hydrogens is 378 g/mol. The summed E-state index contributed by atoms with van der Waals surface area (Å²) in [5, 5.41) is 12.2. The standard InChI is InChI=1S/C25H27NO4/c27-24(28)23(13-17-12-15-9-10-16(17)11-15)26-25(29)30-14-22-20-7-3-1-5-18(20)19-6-2-4-8-21(19)22/h1-8,15-17,22-23H,9-14H2,(H,26,29)(H,27,28). The summed E-state index contributed by atoms with van der Waals surface area (Å²) in [5.41, 5.74) is 4.62. The summed E-state index contributed by atoms with van der Waals surface area (Å²) in [5.74, 6) is 0.770. The molecular formula is C25H27NO4. The lowest BCUT2D eigenvalue weighted by Crippen LogP contribution is -2.43. The highest BCUT2D eigenvalue weighted by atomic mass is 16.5. The van der Waals surface area contributed by atoms with Crippen molar-refractivity contribution in [1.29, 1.82) is 0 Å². The average molecular weight is 405 g/mol. The number of alkyl carbamates (subject to hydrolysis) is 1. The third-order valence-corrected chi connectivity index (χ3v) is 7.36. The fraction of sp³-hybridized carbons (Fsp3) is 0.440. The summed E-state index contributed by atoms with van der Waals surface area (Å²) in [6, 6.07) is 15.4. The van der Waals surface area contributed by atoms with Gasteiger partial charge in [0.15, 0.2) is 0 Å². The van der Waals surface area contributed by atoms with Crippen LogP contribution in [0.4, 0.5) is 4.79 Å². The van der Waals surface area contributed by atoms with Gasteiger partial charge in [-0.25, -0.2) is 9.59 Å². The van der Waals surface area contributed by atoms with Crippen LogP contribution in [0.3, 0.4) is 0 Å². The number of hydrogen-bond donors (Lipinski definition) is 2. The zero-order chi connectivity index (χ0) is 20.7. The minimum atomic E-state index is -0.980. The van der Waals surface area contributed by atoms with E-state index < -0.39 is 18.1 Å². The highest BCUT2D eigenvalue weighted by Crippen LogP contribution is 2.50. The Balaban J connectivity index is 1.23. The van der Waals surface area contributed by atoms with Gasteiger partial charge in [0.25, 0.3) is 0 Å². The zero-order valence-corrected chi connectivity index (χ0v) is 16.9. The van der Waals surface area contributed by atoms with E-state index in [-0.39, 0.29) is 12.5 Å². The maximum atomic E-state index is 12.5. The Morgan fingerprint density at radius 3 is 2.23 bits per heavy atom. The molecule has 2 N–H and O–H groups in total. The molecule has 3 aliphatic carbocycles. The Kier molecular flexibility index (Phi) is 4.97. The molecule has 2 saturated carbocycles. The molecule has 0 spiro atoms. The molecule has 0 aromatic heterocycles. The van der Waals surface area contributed by atoms with Crippen molar-refractivity contribution in [3.8, 4) is 11.1 Å². The first-order valence-corrected chi connectivity index (χ1v) is 10.9. The number of carboxylic acid groups (broad SMARTS) is 1. The quantitative estimate of drug-likeness (QED) is 0.724. The van der Waals surface area contributed by atoms with E-state index in [0.717, 1.165) is 23.5 Å². The van der Waals surface area contributed by atoms with Gasteiger partial charge in [-0.05, 0) is 65.7 Å². The number of ether oxygens (including phenoxy) is 1. The molecule has 5 nitrogen and oxygen atoms in total. The van der Waals surface area contributed by atoms with Gasteiger partial charge in [0.05, 0.1) is 0 Å². The molecule has 1 amide bonds. The second-order valence-corrected chi connectivity index (χ2v) is 9.03. The van der Waals surface area contributed by atoms with E-state index in [4.69, 9.17) is 4.74 Å². The largest absolute Gasteiger partial charge is 0.480 e. The lowest BCUT2D eigenvalue weighted by Gasteiger charge is -2.25. The highest BCUT2D eigenvalue weighted by molar-refractivity contribution is 5.81. The van der Waals surface area contributed by atoms with Gasteiger partial charge in [0, 0.05) is 5.92 Å². The summed E-state index contributed by atoms with van der Waals surface area (Å²) in [6.07, 6.45) is 4.65. The topological polar surface area (TPSA) is 75.6 Å². The maximum Gasteiger partial charge on any atom is 0.407 e. The Morgan fingerprint density at radius 2 is 1.67 bits per heavy atom. The third-order valence-electron chi connectivity index (χ3n) is 7.36. The number of aliphatic carboxylic acids is 1. The minimum Gasteiger partial charge on any atom is -0.480 e. The van der Waals surface area contributed by atoms with Crippen LogP contribution in [0.15, 0.2) is 48.5 Å². The second kappa shape index (κ2) is 7.78. The molecule has 3 aliphatic rings. The van der Waals surface area contributed by atoms with Crippen molar-refractivity contribution >= 4 is 12.1 Å². The van der Waals surface area contributed by atoms with Crippen LogP contribution < -0.4 is 5.32 Å². The second-order valence-electron chi connectivity index (χ2n) is 9.03. The van der Waals surface area contributed by atoms with E-state index in [9.17, 15) is 14.7 Å². The van der Waals surface area contributed by atoms with Crippen LogP contribution in [0.5, 0.6) is 0 Å². The lowest BCUT2D eigenvalue weighted by atomic mass is 9.84. The zero-order valence-electron chi connectivity index (χ0n) is 16.9. The van der Waals surface area contributed by atoms with Gasteiger partial charge in [-0.1, -0.05) is 55.0 Å². The van der Waals surface area contributed by atoms with Crippen molar-refractivity contribution in [1.82, 2.24) is 5.32 Å². The van der Waals surface area contributed by atoms with Gasteiger partial charge >= 0.3 is 12.1 Å². The van der Waals surface area contributed by atoms with Crippen LogP contribution in [0.1, 0.15) is 49.1 Å². The van der Waals surface area contributed by atoms with Crippen molar-refractivity contribution < 1.29 is 19.4 Å². The number of benzene rings is 2. The monoisotopic (exact) mass is 405 g/mol. The Labute approximate surface area is 176 Å². The molecule has 5 rings (SSSR count). The molecule has 0 saturated heterocycles. The van der Waals surface area contributed by atoms with Crippen molar-refractivity contribution in [3.63, 3.8) is 0 Å². The maximum absolute atomic E-state index is 12.5. The van der Waals surface area contributed by atoms with Crippen LogP contribution in [-0.4, -0.2) is 29.8 Å². The number of amides is 1. The van der Waals surface area contributed by atoms with Crippen LogP contribution in [0.2, 0.25) is 0 Å². The van der Waals surface area contributed by atoms with E-state index in [1.807, 2.05) is 24.3 Å². The number of fused-ring (bicyclic) bond motifs is 5. The fourth-order valence-electron chi connectivity index (χ4n) is 5.97. The summed E-state index contributed by atoms with van der Waals surface area (Å²) in [6.45, 7) is 0.195. The first kappa shape index (κ1) is 19.2. The molecule has 2 bridgehead atoms. The molecule has 0 heterocycles. The Morgan fingerprint density at radius 1 is 1.00 bits per heavy atom. The molecule has 2 aromatic carbocycles. The number of hydrogen-bond acceptors (Lipinski definition) is 3. The van der Waals surface area contributed by atoms with Crippen molar-refractivity contribution in [2.45, 2.75) is 44.1 Å². The molecule has 0 radical (unpaired) electrons. The van der Waals surface area contributed by atoms with Gasteiger partial charge in [-0.2, -0.15) is 0 Å². The SMILES string of the molecule is O=C(NC(CC1CC2CCC1C2)C(=O)O)OCC1c2ccccc2-c2ccccc21. The number of nitrogens with one attached hydrogen (secondary N) is 1. The van der Waals surface area contributed by atoms with Crippen LogP contribution in [0.25, 0.3) is 11.1 Å². The smallest absolute Gasteiger partial charge is 0.407 e. The van der Waals surface area contributed by atoms with Gasteiger partial charge in [-0.3, -0.25) is 0 Å². The molecule has 30 heavy (non-hydrogen) atoms. The number of carboxylic acids is 1. The molecule has 4 unspecified atom stereocenters. The number of carbonyl (C=O) groups is 2. The van der Waals surface area contributed by atoms with Crippen LogP contribution in [-0.2, 0) is 9.53 Å². The van der Waals surface area contributed by atoms with Gasteiger partial charge < -0.3 is 15.2 Å². The predicted octanol–water partition coefficient (Wildman–Crippen LogP) is 4.80. The lowest BCUT2D eigenvalue weighted by molar-refractivity contribution is -0.140. The third kappa shape index (κ3) is 3.47. The highest BCUT2D eigenvalue weighted by Gasteiger charge is 2.41. The van der Waals surface area contributed by atoms with Crippen molar-refractivity contribution in [2.24, 2.45) is 17.8 Å². The predicted molar refractivity (Wildman–Crippen MR) is 113 cm³/mol. The number of carbonyl (C=O) groups excluding carboxylic acids is 1. The first-order chi connectivity index (χ1) is 14.6. The summed E-state index contributed by atoms with van der Waals surface area (Å²) < 4.78 is 5.53. The summed E-state index contributed by atoms with van der Waals surface area (Å²) in [4.78, 5) is 24.2. The van der Waals surface area contributed by atoms with Gasteiger partial charge in [-0.15, -0.1) is 0 Å². The van der Waals surface area contributed by atoms with Crippen LogP contribution in [0, 0.1) is 17.8 Å². The molecule has 4 atom stereocenters. The van der Waals surface area contributed by atoms with Gasteiger partial charge in [0.1, 0.15) is 12.6 Å². The molecule has 0 aliphatic heterocycles. The molecule has 156 valence electrons. The molecule has 2 aromatic rings. The normalized spacial score (nSPS) is 24.9. The molecule has 2 fully saturated rings.